The molecule has 23 heavy (non-hydrogen) atoms. The molecule has 3 heterocycles. The molecule has 0 spiro atoms. The first-order valence-electron chi connectivity index (χ1n) is 9.03. The highest BCUT2D eigenvalue weighted by Crippen LogP contribution is 2.37. The molecule has 0 aliphatic carbocycles. The van der Waals surface area contributed by atoms with Crippen LogP contribution in [0.15, 0.2) is 42.7 Å². The van der Waals surface area contributed by atoms with E-state index in [0.717, 1.165) is 0 Å². The van der Waals surface area contributed by atoms with Gasteiger partial charge in [0.05, 0.1) is 0 Å². The fraction of sp³-hybridized carbons (Fsp3) is 0.500. The van der Waals surface area contributed by atoms with Crippen LogP contribution in [0.3, 0.4) is 0 Å². The van der Waals surface area contributed by atoms with E-state index in [-0.39, 0.29) is 0 Å². The Balaban J connectivity index is 1.62. The summed E-state index contributed by atoms with van der Waals surface area (Å²) in [6.45, 7) is 8.35. The van der Waals surface area contributed by atoms with E-state index in [0.29, 0.717) is 12.1 Å². The molecule has 2 aliphatic heterocycles. The molecule has 0 saturated carbocycles. The van der Waals surface area contributed by atoms with Crippen molar-refractivity contribution < 1.29 is 0 Å². The lowest BCUT2D eigenvalue weighted by Gasteiger charge is -2.40. The lowest BCUT2D eigenvalue weighted by atomic mass is 10.0. The molecule has 0 bridgehead atoms. The Morgan fingerprint density at radius 2 is 1.83 bits per heavy atom. The van der Waals surface area contributed by atoms with Crippen LogP contribution in [0.2, 0.25) is 0 Å². The summed E-state index contributed by atoms with van der Waals surface area (Å²) >= 11 is 0. The third-order valence-corrected chi connectivity index (χ3v) is 5.64. The topological polar surface area (TPSA) is 11.4 Å². The van der Waals surface area contributed by atoms with Crippen LogP contribution >= 0.6 is 0 Å². The molecule has 2 aromatic rings. The number of rotatable bonds is 3. The maximum Gasteiger partial charge on any atom is 0.0470 e. The molecule has 1 fully saturated rings. The minimum atomic E-state index is 0.628. The van der Waals surface area contributed by atoms with Gasteiger partial charge in [-0.15, -0.1) is 0 Å². The maximum atomic E-state index is 2.72. The highest BCUT2D eigenvalue weighted by molar-refractivity contribution is 5.64. The fourth-order valence-electron chi connectivity index (χ4n) is 4.36. The van der Waals surface area contributed by atoms with Crippen LogP contribution < -0.4 is 4.90 Å². The fourth-order valence-corrected chi connectivity index (χ4v) is 4.36. The quantitative estimate of drug-likeness (QED) is 0.856. The van der Waals surface area contributed by atoms with Crippen LogP contribution in [0.1, 0.15) is 32.3 Å². The van der Waals surface area contributed by atoms with Gasteiger partial charge in [-0.2, -0.15) is 0 Å². The van der Waals surface area contributed by atoms with Crippen LogP contribution in [0.4, 0.5) is 5.69 Å². The molecule has 0 N–H and O–H groups in total. The Morgan fingerprint density at radius 3 is 2.52 bits per heavy atom. The van der Waals surface area contributed by atoms with Crippen molar-refractivity contribution in [1.82, 2.24) is 9.47 Å². The van der Waals surface area contributed by atoms with Crippen LogP contribution in [0.25, 0.3) is 5.69 Å². The van der Waals surface area contributed by atoms with Crippen molar-refractivity contribution in [3.63, 3.8) is 0 Å². The van der Waals surface area contributed by atoms with Gasteiger partial charge in [-0.25, -0.2) is 0 Å². The molecule has 2 aliphatic rings. The molecule has 3 heteroatoms. The number of aromatic nitrogens is 1. The Kier molecular flexibility index (Phi) is 3.90. The Bertz CT molecular complexity index is 654. The summed E-state index contributed by atoms with van der Waals surface area (Å²) in [5.41, 5.74) is 4.27. The lowest BCUT2D eigenvalue weighted by Crippen LogP contribution is -2.47. The monoisotopic (exact) mass is 309 g/mol. The minimum absolute atomic E-state index is 0.628. The van der Waals surface area contributed by atoms with E-state index >= 15 is 0 Å². The number of likely N-dealkylation sites (tertiary alicyclic amines) is 1. The first-order chi connectivity index (χ1) is 11.3. The van der Waals surface area contributed by atoms with Gasteiger partial charge in [0.15, 0.2) is 0 Å². The van der Waals surface area contributed by atoms with Gasteiger partial charge in [0, 0.05) is 48.9 Å². The number of anilines is 1. The summed E-state index contributed by atoms with van der Waals surface area (Å²) in [5.74, 6) is 0. The highest BCUT2D eigenvalue weighted by atomic mass is 15.2. The number of benzene rings is 1. The van der Waals surface area contributed by atoms with Gasteiger partial charge in [-0.05, 0) is 62.6 Å². The second kappa shape index (κ2) is 6.04. The van der Waals surface area contributed by atoms with Crippen molar-refractivity contribution >= 4 is 5.69 Å². The van der Waals surface area contributed by atoms with Gasteiger partial charge < -0.3 is 14.4 Å². The second-order valence-corrected chi connectivity index (χ2v) is 7.03. The largest absolute Gasteiger partial charge is 0.365 e. The molecule has 3 nitrogen and oxygen atoms in total. The lowest BCUT2D eigenvalue weighted by molar-refractivity contribution is 0.216. The van der Waals surface area contributed by atoms with Crippen molar-refractivity contribution in [2.75, 3.05) is 24.5 Å². The maximum absolute atomic E-state index is 2.72. The first kappa shape index (κ1) is 14.8. The van der Waals surface area contributed by atoms with Crippen molar-refractivity contribution in [1.29, 1.82) is 0 Å². The van der Waals surface area contributed by atoms with Gasteiger partial charge in [0.25, 0.3) is 0 Å². The predicted molar refractivity (Wildman–Crippen MR) is 96.6 cm³/mol. The zero-order valence-corrected chi connectivity index (χ0v) is 14.3. The molecule has 122 valence electrons. The van der Waals surface area contributed by atoms with E-state index in [9.17, 15) is 0 Å². The standard InChI is InChI=1S/C20H27N3/c1-3-21-12-8-18(9-13-21)23-16(2)14-17-6-7-19(15-20(17)23)22-10-4-5-11-22/h4-7,10-11,15-16,18H,3,8-9,12-14H2,1-2H3. The molecule has 1 saturated heterocycles. The number of hydrogen-bond acceptors (Lipinski definition) is 2. The summed E-state index contributed by atoms with van der Waals surface area (Å²) in [7, 11) is 0. The number of piperidine rings is 1. The van der Waals surface area contributed by atoms with E-state index < -0.39 is 0 Å². The van der Waals surface area contributed by atoms with Crippen LogP contribution in [-0.4, -0.2) is 41.2 Å². The minimum Gasteiger partial charge on any atom is -0.365 e. The third-order valence-electron chi connectivity index (χ3n) is 5.64. The smallest absolute Gasteiger partial charge is 0.0470 e. The van der Waals surface area contributed by atoms with Crippen LogP contribution in [0, 0.1) is 0 Å². The molecule has 0 radical (unpaired) electrons. The highest BCUT2D eigenvalue weighted by Gasteiger charge is 2.33. The summed E-state index contributed by atoms with van der Waals surface area (Å²) in [6.07, 6.45) is 8.04. The van der Waals surface area contributed by atoms with Crippen molar-refractivity contribution in [2.24, 2.45) is 0 Å². The molecular weight excluding hydrogens is 282 g/mol. The average molecular weight is 309 g/mol. The average Bonchev–Trinajstić information content (AvgIpc) is 3.21. The zero-order chi connectivity index (χ0) is 15.8. The Labute approximate surface area is 139 Å². The van der Waals surface area contributed by atoms with Crippen molar-refractivity contribution in [3.05, 3.63) is 48.3 Å². The van der Waals surface area contributed by atoms with Gasteiger partial charge in [0.1, 0.15) is 0 Å². The van der Waals surface area contributed by atoms with E-state index in [4.69, 9.17) is 0 Å². The predicted octanol–water partition coefficient (Wildman–Crippen LogP) is 3.71. The van der Waals surface area contributed by atoms with E-state index in [2.05, 4.69) is 70.9 Å². The second-order valence-electron chi connectivity index (χ2n) is 7.03. The normalized spacial score (nSPS) is 22.5. The Morgan fingerprint density at radius 1 is 1.09 bits per heavy atom. The van der Waals surface area contributed by atoms with Crippen molar-refractivity contribution in [2.45, 2.75) is 45.2 Å². The van der Waals surface area contributed by atoms with Crippen molar-refractivity contribution in [3.8, 4) is 5.69 Å². The van der Waals surface area contributed by atoms with E-state index in [1.54, 1.807) is 0 Å². The number of fused-ring (bicyclic) bond motifs is 1. The molecule has 1 atom stereocenters. The van der Waals surface area contributed by atoms with Gasteiger partial charge in [0.2, 0.25) is 0 Å². The summed E-state index contributed by atoms with van der Waals surface area (Å²) in [6, 6.07) is 12.5. The van der Waals surface area contributed by atoms with Crippen LogP contribution in [0.5, 0.6) is 0 Å². The van der Waals surface area contributed by atoms with E-state index in [1.807, 2.05) is 0 Å². The van der Waals surface area contributed by atoms with Gasteiger partial charge in [-0.3, -0.25) is 0 Å². The molecule has 1 aromatic carbocycles. The third kappa shape index (κ3) is 2.67. The zero-order valence-electron chi connectivity index (χ0n) is 14.3. The van der Waals surface area contributed by atoms with E-state index in [1.165, 1.54) is 55.8 Å². The molecule has 0 amide bonds. The number of hydrogen-bond donors (Lipinski definition) is 0. The number of nitrogens with zero attached hydrogens (tertiary/aromatic N) is 3. The molecule has 1 aromatic heterocycles. The summed E-state index contributed by atoms with van der Waals surface area (Å²) < 4.78 is 2.21. The Hall–Kier alpha value is -1.74. The van der Waals surface area contributed by atoms with Crippen LogP contribution in [-0.2, 0) is 6.42 Å². The summed E-state index contributed by atoms with van der Waals surface area (Å²) in [4.78, 5) is 5.30. The SMILES string of the molecule is CCN1CCC(N2c3cc(-n4cccc4)ccc3CC2C)CC1. The van der Waals surface area contributed by atoms with Gasteiger partial charge >= 0.3 is 0 Å². The molecular formula is C20H27N3. The molecule has 1 unspecified atom stereocenters. The first-order valence-corrected chi connectivity index (χ1v) is 9.03. The van der Waals surface area contributed by atoms with Gasteiger partial charge in [-0.1, -0.05) is 13.0 Å². The molecule has 4 rings (SSSR count). The summed E-state index contributed by atoms with van der Waals surface area (Å²) in [5, 5.41) is 0.